The van der Waals surface area contributed by atoms with Crippen LogP contribution in [0.3, 0.4) is 0 Å². The summed E-state index contributed by atoms with van der Waals surface area (Å²) in [7, 11) is 0. The van der Waals surface area contributed by atoms with Crippen molar-refractivity contribution in [1.82, 2.24) is 0 Å². The highest BCUT2D eigenvalue weighted by molar-refractivity contribution is 5.95. The molecule has 0 heterocycles. The minimum absolute atomic E-state index is 0.0427. The number of nitrogens with zero attached hydrogens (tertiary/aromatic N) is 1. The van der Waals surface area contributed by atoms with Crippen molar-refractivity contribution >= 4 is 17.3 Å². The number of ether oxygens (including phenoxy) is 1. The van der Waals surface area contributed by atoms with E-state index in [1.54, 1.807) is 19.9 Å². The number of rotatable bonds is 5. The predicted molar refractivity (Wildman–Crippen MR) is 102 cm³/mol. The second kappa shape index (κ2) is 7.56. The Morgan fingerprint density at radius 1 is 1.15 bits per heavy atom. The van der Waals surface area contributed by atoms with E-state index in [-0.39, 0.29) is 17.0 Å². The number of nitro benzene ring substituents is 1. The highest BCUT2D eigenvalue weighted by Gasteiger charge is 2.18. The Morgan fingerprint density at radius 2 is 1.77 bits per heavy atom. The molecule has 0 saturated carbocycles. The first-order valence-electron chi connectivity index (χ1n) is 8.41. The molecule has 6 heteroatoms. The summed E-state index contributed by atoms with van der Waals surface area (Å²) in [6.07, 6.45) is -0.742. The summed E-state index contributed by atoms with van der Waals surface area (Å²) in [5, 5.41) is 13.6. The number of carbonyl (C=O) groups is 1. The van der Waals surface area contributed by atoms with Gasteiger partial charge in [0.1, 0.15) is 5.75 Å². The number of nitrogens with one attached hydrogen (secondary N) is 1. The highest BCUT2D eigenvalue weighted by Crippen LogP contribution is 2.25. The molecule has 6 nitrogen and oxygen atoms in total. The van der Waals surface area contributed by atoms with Crippen molar-refractivity contribution in [2.24, 2.45) is 0 Å². The van der Waals surface area contributed by atoms with Crippen molar-refractivity contribution in [3.05, 3.63) is 63.7 Å². The quantitative estimate of drug-likeness (QED) is 0.627. The van der Waals surface area contributed by atoms with Crippen LogP contribution in [0.4, 0.5) is 11.4 Å². The maximum atomic E-state index is 12.4. The predicted octanol–water partition coefficient (Wildman–Crippen LogP) is 4.61. The van der Waals surface area contributed by atoms with Crippen molar-refractivity contribution in [1.29, 1.82) is 0 Å². The van der Waals surface area contributed by atoms with Gasteiger partial charge in [-0.05, 0) is 42.5 Å². The molecule has 0 bridgehead atoms. The molecular weight excluding hydrogens is 332 g/mol. The van der Waals surface area contributed by atoms with E-state index in [2.05, 4.69) is 26.1 Å². The fourth-order valence-electron chi connectivity index (χ4n) is 2.38. The molecule has 0 aromatic heterocycles. The third kappa shape index (κ3) is 4.81. The lowest BCUT2D eigenvalue weighted by Gasteiger charge is -2.20. The van der Waals surface area contributed by atoms with Gasteiger partial charge in [-0.3, -0.25) is 14.9 Å². The van der Waals surface area contributed by atoms with Crippen LogP contribution in [0.1, 0.15) is 38.8 Å². The van der Waals surface area contributed by atoms with Gasteiger partial charge in [0.15, 0.2) is 6.10 Å². The summed E-state index contributed by atoms with van der Waals surface area (Å²) >= 11 is 0. The number of carbonyl (C=O) groups excluding carboxylic acids is 1. The normalized spacial score (nSPS) is 12.3. The molecule has 0 fully saturated rings. The average Bonchev–Trinajstić information content (AvgIpc) is 2.56. The van der Waals surface area contributed by atoms with E-state index in [1.165, 1.54) is 17.7 Å². The van der Waals surface area contributed by atoms with Crippen LogP contribution in [0.25, 0.3) is 0 Å². The zero-order valence-electron chi connectivity index (χ0n) is 15.7. The highest BCUT2D eigenvalue weighted by atomic mass is 16.6. The number of anilines is 1. The molecule has 2 aromatic carbocycles. The van der Waals surface area contributed by atoms with Crippen molar-refractivity contribution in [2.45, 2.75) is 46.1 Å². The van der Waals surface area contributed by atoms with Crippen molar-refractivity contribution < 1.29 is 14.5 Å². The summed E-state index contributed by atoms with van der Waals surface area (Å²) in [5.74, 6) is 0.227. The minimum atomic E-state index is -0.742. The second-order valence-electron chi connectivity index (χ2n) is 7.28. The lowest BCUT2D eigenvalue weighted by atomic mass is 9.87. The molecule has 0 aliphatic heterocycles. The fraction of sp³-hybridized carbons (Fsp3) is 0.350. The molecule has 1 atom stereocenters. The van der Waals surface area contributed by atoms with Crippen LogP contribution >= 0.6 is 0 Å². The van der Waals surface area contributed by atoms with Crippen LogP contribution in [-0.4, -0.2) is 16.9 Å². The summed E-state index contributed by atoms with van der Waals surface area (Å²) in [6.45, 7) is 9.79. The van der Waals surface area contributed by atoms with Gasteiger partial charge in [0.2, 0.25) is 0 Å². The fourth-order valence-corrected chi connectivity index (χ4v) is 2.38. The van der Waals surface area contributed by atoms with Gasteiger partial charge < -0.3 is 10.1 Å². The molecule has 2 rings (SSSR count). The minimum Gasteiger partial charge on any atom is -0.481 e. The Bertz CT molecular complexity index is 808. The third-order valence-corrected chi connectivity index (χ3v) is 4.09. The summed E-state index contributed by atoms with van der Waals surface area (Å²) < 4.78 is 5.69. The molecule has 0 aliphatic rings. The Balaban J connectivity index is 2.06. The Labute approximate surface area is 153 Å². The van der Waals surface area contributed by atoms with Gasteiger partial charge in [0.05, 0.1) is 10.6 Å². The number of nitro groups is 1. The van der Waals surface area contributed by atoms with Crippen LogP contribution in [0.5, 0.6) is 5.75 Å². The number of non-ortho nitro benzene ring substituents is 1. The number of hydrogen-bond acceptors (Lipinski definition) is 4. The van der Waals surface area contributed by atoms with E-state index < -0.39 is 11.0 Å². The molecule has 0 spiro atoms. The molecule has 0 saturated heterocycles. The van der Waals surface area contributed by atoms with Crippen LogP contribution < -0.4 is 10.1 Å². The monoisotopic (exact) mass is 356 g/mol. The largest absolute Gasteiger partial charge is 0.481 e. The third-order valence-electron chi connectivity index (χ3n) is 4.09. The number of aryl methyl sites for hydroxylation is 1. The van der Waals surface area contributed by atoms with E-state index in [4.69, 9.17) is 4.74 Å². The van der Waals surface area contributed by atoms with Crippen LogP contribution in [0.15, 0.2) is 42.5 Å². The number of amides is 1. The van der Waals surface area contributed by atoms with Crippen molar-refractivity contribution in [3.63, 3.8) is 0 Å². The van der Waals surface area contributed by atoms with E-state index >= 15 is 0 Å². The Hall–Kier alpha value is -2.89. The molecule has 0 unspecified atom stereocenters. The van der Waals surface area contributed by atoms with Gasteiger partial charge >= 0.3 is 0 Å². The van der Waals surface area contributed by atoms with Gasteiger partial charge in [0, 0.05) is 12.1 Å². The smallest absolute Gasteiger partial charge is 0.271 e. The van der Waals surface area contributed by atoms with Crippen LogP contribution in [0, 0.1) is 17.0 Å². The zero-order valence-corrected chi connectivity index (χ0v) is 15.7. The van der Waals surface area contributed by atoms with E-state index in [0.29, 0.717) is 11.4 Å². The van der Waals surface area contributed by atoms with Gasteiger partial charge in [0.25, 0.3) is 11.6 Å². The van der Waals surface area contributed by atoms with Gasteiger partial charge in [-0.25, -0.2) is 0 Å². The van der Waals surface area contributed by atoms with E-state index in [1.807, 2.05) is 24.3 Å². The first-order valence-corrected chi connectivity index (χ1v) is 8.41. The van der Waals surface area contributed by atoms with Gasteiger partial charge in [-0.2, -0.15) is 0 Å². The standard InChI is InChI=1S/C20H24N2O4/c1-13-6-9-16(22(24)25)12-18(13)21-19(23)14(2)26-17-10-7-15(8-11-17)20(3,4)5/h6-12,14H,1-5H3,(H,21,23)/t14-/m1/s1. The molecule has 26 heavy (non-hydrogen) atoms. The first-order chi connectivity index (χ1) is 12.1. The molecule has 0 radical (unpaired) electrons. The maximum absolute atomic E-state index is 12.4. The lowest BCUT2D eigenvalue weighted by Crippen LogP contribution is -2.30. The average molecular weight is 356 g/mol. The molecule has 1 N–H and O–H groups in total. The Morgan fingerprint density at radius 3 is 2.31 bits per heavy atom. The molecule has 0 aliphatic carbocycles. The van der Waals surface area contributed by atoms with Crippen molar-refractivity contribution in [3.8, 4) is 5.75 Å². The van der Waals surface area contributed by atoms with Crippen LogP contribution in [-0.2, 0) is 10.2 Å². The molecule has 138 valence electrons. The Kier molecular flexibility index (Phi) is 5.65. The maximum Gasteiger partial charge on any atom is 0.271 e. The topological polar surface area (TPSA) is 81.5 Å². The lowest BCUT2D eigenvalue weighted by molar-refractivity contribution is -0.384. The number of hydrogen-bond donors (Lipinski definition) is 1. The zero-order chi connectivity index (χ0) is 19.5. The van der Waals surface area contributed by atoms with E-state index in [0.717, 1.165) is 5.56 Å². The summed E-state index contributed by atoms with van der Waals surface area (Å²) in [5.41, 5.74) is 2.29. The molecular formula is C20H24N2O4. The summed E-state index contributed by atoms with van der Waals surface area (Å²) in [6, 6.07) is 12.0. The molecule has 1 amide bonds. The molecule has 2 aromatic rings. The SMILES string of the molecule is Cc1ccc([N+](=O)[O-])cc1NC(=O)[C@@H](C)Oc1ccc(C(C)(C)C)cc1. The first kappa shape index (κ1) is 19.4. The van der Waals surface area contributed by atoms with Crippen LogP contribution in [0.2, 0.25) is 0 Å². The number of benzene rings is 2. The van der Waals surface area contributed by atoms with Crippen molar-refractivity contribution in [2.75, 3.05) is 5.32 Å². The van der Waals surface area contributed by atoms with Gasteiger partial charge in [-0.1, -0.05) is 39.0 Å². The summed E-state index contributed by atoms with van der Waals surface area (Å²) in [4.78, 5) is 22.8. The van der Waals surface area contributed by atoms with E-state index in [9.17, 15) is 14.9 Å². The van der Waals surface area contributed by atoms with Gasteiger partial charge in [-0.15, -0.1) is 0 Å². The second-order valence-corrected chi connectivity index (χ2v) is 7.28.